The van der Waals surface area contributed by atoms with Crippen molar-refractivity contribution in [1.29, 1.82) is 0 Å². The molecule has 40 heavy (non-hydrogen) atoms. The Bertz CT molecular complexity index is 1540. The number of hydrogen-bond donors (Lipinski definition) is 1. The van der Waals surface area contributed by atoms with E-state index in [-0.39, 0.29) is 40.2 Å². The van der Waals surface area contributed by atoms with Crippen LogP contribution >= 0.6 is 0 Å². The molecule has 1 N–H and O–H groups in total. The molecule has 3 aromatic rings. The van der Waals surface area contributed by atoms with Gasteiger partial charge in [-0.3, -0.25) is 9.10 Å². The van der Waals surface area contributed by atoms with E-state index < -0.39 is 32.5 Å². The second kappa shape index (κ2) is 12.4. The number of hydrogen-bond acceptors (Lipinski definition) is 7. The van der Waals surface area contributed by atoms with Crippen LogP contribution in [-0.2, 0) is 29.6 Å². The van der Waals surface area contributed by atoms with E-state index in [2.05, 4.69) is 5.32 Å². The number of carbonyl (C=O) groups excluding carboxylic acids is 1. The number of amides is 1. The van der Waals surface area contributed by atoms with Crippen molar-refractivity contribution in [2.45, 2.75) is 29.6 Å². The number of morpholine rings is 1. The summed E-state index contributed by atoms with van der Waals surface area (Å²) in [6.45, 7) is 4.53. The van der Waals surface area contributed by atoms with Crippen molar-refractivity contribution in [1.82, 2.24) is 4.31 Å². The van der Waals surface area contributed by atoms with Gasteiger partial charge < -0.3 is 14.8 Å². The lowest BCUT2D eigenvalue weighted by Crippen LogP contribution is -2.40. The van der Waals surface area contributed by atoms with Gasteiger partial charge in [-0.15, -0.1) is 0 Å². The molecule has 0 spiro atoms. The first-order chi connectivity index (χ1) is 19.0. The molecule has 0 unspecified atom stereocenters. The van der Waals surface area contributed by atoms with E-state index in [9.17, 15) is 21.6 Å². The van der Waals surface area contributed by atoms with Gasteiger partial charge in [0.05, 0.1) is 41.5 Å². The predicted octanol–water partition coefficient (Wildman–Crippen LogP) is 3.67. The van der Waals surface area contributed by atoms with Crippen LogP contribution in [0, 0.1) is 0 Å². The summed E-state index contributed by atoms with van der Waals surface area (Å²) in [6.07, 6.45) is 0. The monoisotopic (exact) mass is 587 g/mol. The summed E-state index contributed by atoms with van der Waals surface area (Å²) in [6, 6.07) is 19.0. The van der Waals surface area contributed by atoms with Crippen molar-refractivity contribution >= 4 is 37.3 Å². The lowest BCUT2D eigenvalue weighted by Gasteiger charge is -2.26. The molecular weight excluding hydrogens is 554 g/mol. The zero-order chi connectivity index (χ0) is 28.9. The molecule has 1 aliphatic heterocycles. The first-order valence-corrected chi connectivity index (χ1v) is 15.7. The third-order valence-electron chi connectivity index (χ3n) is 6.52. The highest BCUT2D eigenvalue weighted by molar-refractivity contribution is 7.92. The molecule has 1 saturated heterocycles. The Morgan fingerprint density at radius 1 is 0.950 bits per heavy atom. The summed E-state index contributed by atoms with van der Waals surface area (Å²) in [5.41, 5.74) is 1.45. The van der Waals surface area contributed by atoms with Crippen molar-refractivity contribution in [2.75, 3.05) is 49.6 Å². The number of ether oxygens (including phenoxy) is 2. The van der Waals surface area contributed by atoms with E-state index in [4.69, 9.17) is 9.47 Å². The van der Waals surface area contributed by atoms with Gasteiger partial charge >= 0.3 is 0 Å². The van der Waals surface area contributed by atoms with Crippen LogP contribution in [0.4, 0.5) is 11.4 Å². The molecule has 4 rings (SSSR count). The molecule has 10 nitrogen and oxygen atoms in total. The SMILES string of the molecule is COc1ccc(S(=O)(=O)N2CCOCC2)cc1NC(=O)CN(c1ccc(C(C)C)cc1)S(=O)(=O)c1ccccc1. The van der Waals surface area contributed by atoms with Crippen LogP contribution < -0.4 is 14.4 Å². The second-order valence-corrected chi connectivity index (χ2v) is 13.3. The Labute approximate surface area is 235 Å². The van der Waals surface area contributed by atoms with E-state index in [0.29, 0.717) is 18.9 Å². The van der Waals surface area contributed by atoms with Crippen molar-refractivity contribution in [3.8, 4) is 5.75 Å². The lowest BCUT2D eigenvalue weighted by molar-refractivity contribution is -0.114. The molecule has 1 aliphatic rings. The van der Waals surface area contributed by atoms with Gasteiger partial charge in [0, 0.05) is 13.1 Å². The van der Waals surface area contributed by atoms with Gasteiger partial charge in [0.25, 0.3) is 10.0 Å². The zero-order valence-corrected chi connectivity index (χ0v) is 24.2. The number of nitrogens with zero attached hydrogens (tertiary/aromatic N) is 2. The maximum absolute atomic E-state index is 13.6. The molecule has 0 atom stereocenters. The normalized spacial score (nSPS) is 14.6. The van der Waals surface area contributed by atoms with E-state index in [1.165, 1.54) is 41.7 Å². The minimum absolute atomic E-state index is 0.0245. The molecule has 3 aromatic carbocycles. The minimum atomic E-state index is -4.11. The molecule has 0 saturated carbocycles. The van der Waals surface area contributed by atoms with Gasteiger partial charge in [0.1, 0.15) is 12.3 Å². The van der Waals surface area contributed by atoms with Crippen LogP contribution in [0.2, 0.25) is 0 Å². The van der Waals surface area contributed by atoms with E-state index in [1.807, 2.05) is 26.0 Å². The van der Waals surface area contributed by atoms with Crippen molar-refractivity contribution in [3.63, 3.8) is 0 Å². The quantitative estimate of drug-likeness (QED) is 0.384. The summed E-state index contributed by atoms with van der Waals surface area (Å²) in [7, 11) is -6.56. The van der Waals surface area contributed by atoms with Crippen LogP contribution in [0.1, 0.15) is 25.3 Å². The van der Waals surface area contributed by atoms with Crippen molar-refractivity contribution in [2.24, 2.45) is 0 Å². The third-order valence-corrected chi connectivity index (χ3v) is 10.2. The molecular formula is C28H33N3O7S2. The van der Waals surface area contributed by atoms with E-state index >= 15 is 0 Å². The molecule has 214 valence electrons. The predicted molar refractivity (Wildman–Crippen MR) is 153 cm³/mol. The summed E-state index contributed by atoms with van der Waals surface area (Å²) in [5.74, 6) is -0.204. The van der Waals surface area contributed by atoms with Crippen molar-refractivity contribution in [3.05, 3.63) is 78.4 Å². The highest BCUT2D eigenvalue weighted by Gasteiger charge is 2.29. The average Bonchev–Trinajstić information content (AvgIpc) is 2.96. The van der Waals surface area contributed by atoms with Crippen LogP contribution in [-0.4, -0.2) is 67.0 Å². The highest BCUT2D eigenvalue weighted by Crippen LogP contribution is 2.30. The molecule has 0 radical (unpaired) electrons. The fourth-order valence-corrected chi connectivity index (χ4v) is 7.14. The van der Waals surface area contributed by atoms with Gasteiger partial charge in [-0.2, -0.15) is 4.31 Å². The van der Waals surface area contributed by atoms with E-state index in [0.717, 1.165) is 9.87 Å². The topological polar surface area (TPSA) is 122 Å². The number of benzene rings is 3. The number of sulfonamides is 2. The number of methoxy groups -OCH3 is 1. The third kappa shape index (κ3) is 6.47. The average molecular weight is 588 g/mol. The fraction of sp³-hybridized carbons (Fsp3) is 0.321. The Balaban J connectivity index is 1.65. The molecule has 0 aliphatic carbocycles. The Hall–Kier alpha value is -3.45. The largest absolute Gasteiger partial charge is 0.495 e. The van der Waals surface area contributed by atoms with Gasteiger partial charge in [-0.25, -0.2) is 16.8 Å². The summed E-state index contributed by atoms with van der Waals surface area (Å²) < 4.78 is 66.6. The smallest absolute Gasteiger partial charge is 0.264 e. The molecule has 0 bridgehead atoms. The zero-order valence-electron chi connectivity index (χ0n) is 22.6. The molecule has 0 aromatic heterocycles. The van der Waals surface area contributed by atoms with Crippen LogP contribution in [0.5, 0.6) is 5.75 Å². The number of nitrogens with one attached hydrogen (secondary N) is 1. The summed E-state index contributed by atoms with van der Waals surface area (Å²) in [5, 5.41) is 2.65. The number of anilines is 2. The van der Waals surface area contributed by atoms with Crippen molar-refractivity contribution < 1.29 is 31.1 Å². The maximum Gasteiger partial charge on any atom is 0.264 e. The molecule has 12 heteroatoms. The number of carbonyl (C=O) groups is 1. The highest BCUT2D eigenvalue weighted by atomic mass is 32.2. The fourth-order valence-electron chi connectivity index (χ4n) is 4.26. The van der Waals surface area contributed by atoms with Crippen LogP contribution in [0.25, 0.3) is 0 Å². The Morgan fingerprint density at radius 3 is 2.20 bits per heavy atom. The lowest BCUT2D eigenvalue weighted by atomic mass is 10.0. The van der Waals surface area contributed by atoms with Crippen LogP contribution in [0.3, 0.4) is 0 Å². The van der Waals surface area contributed by atoms with Gasteiger partial charge in [0.2, 0.25) is 15.9 Å². The maximum atomic E-state index is 13.6. The summed E-state index contributed by atoms with van der Waals surface area (Å²) in [4.78, 5) is 13.3. The minimum Gasteiger partial charge on any atom is -0.495 e. The van der Waals surface area contributed by atoms with Crippen LogP contribution in [0.15, 0.2) is 82.6 Å². The van der Waals surface area contributed by atoms with Gasteiger partial charge in [-0.1, -0.05) is 44.2 Å². The molecule has 1 fully saturated rings. The summed E-state index contributed by atoms with van der Waals surface area (Å²) >= 11 is 0. The van der Waals surface area contributed by atoms with E-state index in [1.54, 1.807) is 30.3 Å². The number of rotatable bonds is 10. The molecule has 1 amide bonds. The second-order valence-electron chi connectivity index (χ2n) is 9.50. The first-order valence-electron chi connectivity index (χ1n) is 12.8. The molecule has 1 heterocycles. The first kappa shape index (κ1) is 29.5. The Kier molecular flexibility index (Phi) is 9.14. The van der Waals surface area contributed by atoms with Gasteiger partial charge in [0.15, 0.2) is 0 Å². The van der Waals surface area contributed by atoms with Gasteiger partial charge in [-0.05, 0) is 53.9 Å². The Morgan fingerprint density at radius 2 is 1.60 bits per heavy atom. The standard InChI is InChI=1S/C28H33N3O7S2/c1-21(2)22-9-11-23(12-10-22)31(40(35,36)24-7-5-4-6-8-24)20-28(32)29-26-19-25(13-14-27(26)37-3)39(33,34)30-15-17-38-18-16-30/h4-14,19,21H,15-18,20H2,1-3H3,(H,29,32).